The van der Waals surface area contributed by atoms with Gasteiger partial charge in [-0.2, -0.15) is 0 Å². The molecule has 3 rings (SSSR count). The predicted octanol–water partition coefficient (Wildman–Crippen LogP) is 3.89. The van der Waals surface area contributed by atoms with Gasteiger partial charge in [-0.05, 0) is 30.2 Å². The summed E-state index contributed by atoms with van der Waals surface area (Å²) in [7, 11) is 0. The van der Waals surface area contributed by atoms with Crippen molar-refractivity contribution in [3.63, 3.8) is 0 Å². The maximum Gasteiger partial charge on any atom is 0.230 e. The highest BCUT2D eigenvalue weighted by atomic mass is 32.2. The van der Waals surface area contributed by atoms with Crippen LogP contribution in [-0.4, -0.2) is 21.2 Å². The van der Waals surface area contributed by atoms with E-state index in [-0.39, 0.29) is 11.9 Å². The van der Waals surface area contributed by atoms with E-state index < -0.39 is 0 Å². The summed E-state index contributed by atoms with van der Waals surface area (Å²) < 4.78 is 2.19. The van der Waals surface area contributed by atoms with Crippen LogP contribution in [0.3, 0.4) is 0 Å². The number of rotatable bonds is 7. The van der Waals surface area contributed by atoms with Crippen molar-refractivity contribution in [2.45, 2.75) is 43.9 Å². The van der Waals surface area contributed by atoms with Crippen LogP contribution in [0.4, 0.5) is 0 Å². The van der Waals surface area contributed by atoms with Crippen LogP contribution in [0.5, 0.6) is 0 Å². The van der Waals surface area contributed by atoms with E-state index in [0.29, 0.717) is 17.7 Å². The third-order valence-electron chi connectivity index (χ3n) is 3.74. The Balaban J connectivity index is 1.56. The zero-order valence-corrected chi connectivity index (χ0v) is 14.5. The Morgan fingerprint density at radius 2 is 2.36 bits per heavy atom. The monoisotopic (exact) mass is 335 g/mol. The Morgan fingerprint density at radius 3 is 3.00 bits per heavy atom. The lowest BCUT2D eigenvalue weighted by molar-refractivity contribution is -0.119. The zero-order chi connectivity index (χ0) is 15.5. The number of hydrogen-bond acceptors (Lipinski definition) is 4. The fourth-order valence-corrected chi connectivity index (χ4v) is 4.21. The van der Waals surface area contributed by atoms with Gasteiger partial charge in [-0.15, -0.1) is 11.3 Å². The Bertz CT molecular complexity index is 617. The number of carbonyl (C=O) groups excluding carboxylic acids is 1. The largest absolute Gasteiger partial charge is 0.347 e. The second-order valence-electron chi connectivity index (χ2n) is 5.94. The average Bonchev–Trinajstić information content (AvgIpc) is 3.02. The van der Waals surface area contributed by atoms with Crippen molar-refractivity contribution < 1.29 is 4.79 Å². The molecule has 6 heteroatoms. The molecule has 0 spiro atoms. The van der Waals surface area contributed by atoms with E-state index in [1.54, 1.807) is 11.3 Å². The van der Waals surface area contributed by atoms with E-state index in [2.05, 4.69) is 40.2 Å². The molecule has 0 radical (unpaired) electrons. The summed E-state index contributed by atoms with van der Waals surface area (Å²) >= 11 is 3.22. The van der Waals surface area contributed by atoms with Gasteiger partial charge in [0, 0.05) is 23.3 Å². The summed E-state index contributed by atoms with van der Waals surface area (Å²) in [6, 6.07) is 4.81. The summed E-state index contributed by atoms with van der Waals surface area (Å²) in [5.41, 5.74) is 0. The van der Waals surface area contributed by atoms with Gasteiger partial charge < -0.3 is 9.88 Å². The summed E-state index contributed by atoms with van der Waals surface area (Å²) in [4.78, 5) is 17.9. The van der Waals surface area contributed by atoms with Crippen LogP contribution in [-0.2, 0) is 4.79 Å². The molecule has 0 aliphatic heterocycles. The number of hydrogen-bond donors (Lipinski definition) is 1. The number of thiophene rings is 1. The summed E-state index contributed by atoms with van der Waals surface area (Å²) in [5, 5.41) is 6.17. The number of aromatic nitrogens is 2. The normalized spacial score (nSPS) is 16.0. The fourth-order valence-electron chi connectivity index (χ4n) is 2.42. The number of imidazole rings is 1. The maximum absolute atomic E-state index is 12.3. The molecule has 1 aliphatic carbocycles. The fraction of sp³-hybridized carbons (Fsp3) is 0.500. The quantitative estimate of drug-likeness (QED) is 0.781. The van der Waals surface area contributed by atoms with Crippen LogP contribution in [0, 0.1) is 5.92 Å². The molecule has 4 nitrogen and oxygen atoms in total. The molecule has 0 saturated heterocycles. The van der Waals surface area contributed by atoms with Crippen LogP contribution in [0.1, 0.15) is 43.6 Å². The van der Waals surface area contributed by atoms with Crippen molar-refractivity contribution in [1.29, 1.82) is 0 Å². The first-order valence-electron chi connectivity index (χ1n) is 7.63. The summed E-state index contributed by atoms with van der Waals surface area (Å²) in [6.07, 6.45) is 6.29. The van der Waals surface area contributed by atoms with Gasteiger partial charge in [0.2, 0.25) is 5.91 Å². The number of thioether (sulfide) groups is 1. The molecule has 2 heterocycles. The minimum Gasteiger partial charge on any atom is -0.347 e. The van der Waals surface area contributed by atoms with Gasteiger partial charge in [0.25, 0.3) is 0 Å². The Hall–Kier alpha value is -1.27. The molecule has 1 saturated carbocycles. The molecule has 2 aromatic heterocycles. The molecule has 1 aliphatic rings. The molecule has 1 atom stereocenters. The molecule has 0 aromatic carbocycles. The van der Waals surface area contributed by atoms with Gasteiger partial charge in [0.1, 0.15) is 0 Å². The molecule has 1 N–H and O–H groups in total. The first kappa shape index (κ1) is 15.6. The SMILES string of the molecule is CC(C)C(NC(=O)CSc1nccn1C1CC1)c1cccs1. The van der Waals surface area contributed by atoms with E-state index in [1.807, 2.05) is 18.5 Å². The second-order valence-corrected chi connectivity index (χ2v) is 7.86. The molecular weight excluding hydrogens is 314 g/mol. The zero-order valence-electron chi connectivity index (χ0n) is 12.9. The van der Waals surface area contributed by atoms with Crippen molar-refractivity contribution in [1.82, 2.24) is 14.9 Å². The number of amides is 1. The Morgan fingerprint density at radius 1 is 1.55 bits per heavy atom. The molecule has 2 aromatic rings. The van der Waals surface area contributed by atoms with Crippen LogP contribution >= 0.6 is 23.1 Å². The lowest BCUT2D eigenvalue weighted by Gasteiger charge is -2.21. The van der Waals surface area contributed by atoms with Gasteiger partial charge in [-0.1, -0.05) is 31.7 Å². The number of nitrogens with one attached hydrogen (secondary N) is 1. The number of nitrogens with zero attached hydrogens (tertiary/aromatic N) is 2. The van der Waals surface area contributed by atoms with E-state index in [9.17, 15) is 4.79 Å². The molecule has 22 heavy (non-hydrogen) atoms. The number of carbonyl (C=O) groups is 1. The van der Waals surface area contributed by atoms with Gasteiger partial charge in [-0.3, -0.25) is 4.79 Å². The molecule has 1 amide bonds. The molecular formula is C16H21N3OS2. The molecule has 0 bridgehead atoms. The van der Waals surface area contributed by atoms with Crippen LogP contribution in [0.25, 0.3) is 0 Å². The van der Waals surface area contributed by atoms with Crippen LogP contribution < -0.4 is 5.32 Å². The van der Waals surface area contributed by atoms with E-state index in [0.717, 1.165) is 5.16 Å². The lowest BCUT2D eigenvalue weighted by atomic mass is 10.0. The van der Waals surface area contributed by atoms with Gasteiger partial charge in [0.15, 0.2) is 5.16 Å². The minimum atomic E-state index is 0.0717. The first-order valence-corrected chi connectivity index (χ1v) is 9.50. The Kier molecular flexibility index (Phi) is 4.88. The van der Waals surface area contributed by atoms with Crippen LogP contribution in [0.15, 0.2) is 35.1 Å². The highest BCUT2D eigenvalue weighted by Crippen LogP contribution is 2.37. The van der Waals surface area contributed by atoms with Crippen LogP contribution in [0.2, 0.25) is 0 Å². The third kappa shape index (κ3) is 3.73. The van der Waals surface area contributed by atoms with Crippen molar-refractivity contribution in [2.24, 2.45) is 5.92 Å². The molecule has 1 unspecified atom stereocenters. The van der Waals surface area contributed by atoms with Crippen molar-refractivity contribution >= 4 is 29.0 Å². The van der Waals surface area contributed by atoms with Crippen molar-refractivity contribution in [3.8, 4) is 0 Å². The van der Waals surface area contributed by atoms with Crippen molar-refractivity contribution in [2.75, 3.05) is 5.75 Å². The van der Waals surface area contributed by atoms with Gasteiger partial charge in [0.05, 0.1) is 11.8 Å². The standard InChI is InChI=1S/C16H21N3OS2/c1-11(2)15(13-4-3-9-21-13)18-14(20)10-22-16-17-7-8-19(16)12-5-6-12/h3-4,7-9,11-12,15H,5-6,10H2,1-2H3,(H,18,20). The highest BCUT2D eigenvalue weighted by Gasteiger charge is 2.26. The maximum atomic E-state index is 12.3. The highest BCUT2D eigenvalue weighted by molar-refractivity contribution is 7.99. The molecule has 118 valence electrons. The van der Waals surface area contributed by atoms with E-state index in [4.69, 9.17) is 0 Å². The summed E-state index contributed by atoms with van der Waals surface area (Å²) in [5.74, 6) is 0.863. The van der Waals surface area contributed by atoms with Gasteiger partial charge in [-0.25, -0.2) is 4.98 Å². The first-order chi connectivity index (χ1) is 10.6. The Labute approximate surface area is 139 Å². The molecule has 1 fully saturated rings. The minimum absolute atomic E-state index is 0.0717. The lowest BCUT2D eigenvalue weighted by Crippen LogP contribution is -2.32. The van der Waals surface area contributed by atoms with Gasteiger partial charge >= 0.3 is 0 Å². The van der Waals surface area contributed by atoms with E-state index in [1.165, 1.54) is 29.5 Å². The van der Waals surface area contributed by atoms with E-state index >= 15 is 0 Å². The van der Waals surface area contributed by atoms with Crippen molar-refractivity contribution in [3.05, 3.63) is 34.8 Å². The second kappa shape index (κ2) is 6.87. The topological polar surface area (TPSA) is 46.9 Å². The average molecular weight is 335 g/mol. The smallest absolute Gasteiger partial charge is 0.230 e. The predicted molar refractivity (Wildman–Crippen MR) is 91.3 cm³/mol. The summed E-state index contributed by atoms with van der Waals surface area (Å²) in [6.45, 7) is 4.27. The third-order valence-corrected chi connectivity index (χ3v) is 5.67.